The van der Waals surface area contributed by atoms with Crippen LogP contribution in [0.25, 0.3) is 10.8 Å². The van der Waals surface area contributed by atoms with Gasteiger partial charge in [0.2, 0.25) is 0 Å². The monoisotopic (exact) mass is 293 g/mol. The van der Waals surface area contributed by atoms with Gasteiger partial charge >= 0.3 is 6.09 Å². The van der Waals surface area contributed by atoms with Crippen molar-refractivity contribution in [3.8, 4) is 5.75 Å². The maximum absolute atomic E-state index is 11.4. The number of hydrogen-bond acceptors (Lipinski definition) is 3. The molecule has 0 aliphatic carbocycles. The van der Waals surface area contributed by atoms with Crippen LogP contribution >= 0.6 is 12.4 Å². The van der Waals surface area contributed by atoms with Crippen molar-refractivity contribution in [3.63, 3.8) is 0 Å². The van der Waals surface area contributed by atoms with Crippen molar-refractivity contribution in [1.82, 2.24) is 5.32 Å². The van der Waals surface area contributed by atoms with Crippen LogP contribution in [0, 0.1) is 0 Å². The van der Waals surface area contributed by atoms with E-state index in [1.54, 1.807) is 7.11 Å². The SMILES string of the molecule is COc1ccc2ccccc2c1[C@H]1CCOC(=O)N1.Cl. The average Bonchev–Trinajstić information content (AvgIpc) is 2.46. The first-order chi connectivity index (χ1) is 9.29. The molecule has 1 aliphatic heterocycles. The van der Waals surface area contributed by atoms with Crippen molar-refractivity contribution in [1.29, 1.82) is 0 Å². The topological polar surface area (TPSA) is 47.6 Å². The highest BCUT2D eigenvalue weighted by atomic mass is 35.5. The molecule has 0 aromatic heterocycles. The maximum Gasteiger partial charge on any atom is 0.407 e. The standard InChI is InChI=1S/C15H15NO3.ClH/c1-18-13-7-6-10-4-2-3-5-11(10)14(13)12-8-9-19-15(17)16-12;/h2-7,12H,8-9H2,1H3,(H,16,17);1H/t12-;/m1./s1. The molecule has 106 valence electrons. The molecule has 1 heterocycles. The first kappa shape index (κ1) is 14.5. The van der Waals surface area contributed by atoms with Crippen molar-refractivity contribution in [2.45, 2.75) is 12.5 Å². The predicted molar refractivity (Wildman–Crippen MR) is 79.6 cm³/mol. The number of rotatable bonds is 2. The largest absolute Gasteiger partial charge is 0.496 e. The van der Waals surface area contributed by atoms with Gasteiger partial charge in [0.25, 0.3) is 0 Å². The third-order valence-electron chi connectivity index (χ3n) is 3.43. The van der Waals surface area contributed by atoms with Gasteiger partial charge in [-0.1, -0.05) is 30.3 Å². The number of hydrogen-bond donors (Lipinski definition) is 1. The number of carbonyl (C=O) groups is 1. The molecule has 2 aromatic rings. The van der Waals surface area contributed by atoms with E-state index >= 15 is 0 Å². The Hall–Kier alpha value is -1.94. The van der Waals surface area contributed by atoms with E-state index in [0.717, 1.165) is 28.5 Å². The number of carbonyl (C=O) groups excluding carboxylic acids is 1. The Kier molecular flexibility index (Phi) is 4.35. The van der Waals surface area contributed by atoms with Crippen LogP contribution in [0.2, 0.25) is 0 Å². The number of cyclic esters (lactones) is 1. The molecule has 1 saturated heterocycles. The van der Waals surface area contributed by atoms with Gasteiger partial charge in [-0.2, -0.15) is 0 Å². The van der Waals surface area contributed by atoms with Gasteiger partial charge in [-0.05, 0) is 16.8 Å². The molecule has 0 spiro atoms. The van der Waals surface area contributed by atoms with Crippen LogP contribution in [-0.4, -0.2) is 19.8 Å². The summed E-state index contributed by atoms with van der Waals surface area (Å²) in [6, 6.07) is 12.0. The number of halogens is 1. The summed E-state index contributed by atoms with van der Waals surface area (Å²) in [6.07, 6.45) is 0.377. The number of alkyl carbamates (subject to hydrolysis) is 1. The molecule has 3 rings (SSSR count). The van der Waals surface area contributed by atoms with E-state index in [1.807, 2.05) is 24.3 Å². The number of amides is 1. The van der Waals surface area contributed by atoms with E-state index in [9.17, 15) is 4.79 Å². The first-order valence-corrected chi connectivity index (χ1v) is 6.28. The van der Waals surface area contributed by atoms with Crippen molar-refractivity contribution < 1.29 is 14.3 Å². The van der Waals surface area contributed by atoms with E-state index in [0.29, 0.717) is 6.61 Å². The van der Waals surface area contributed by atoms with E-state index < -0.39 is 0 Å². The van der Waals surface area contributed by atoms with Crippen LogP contribution in [0.4, 0.5) is 4.79 Å². The van der Waals surface area contributed by atoms with Gasteiger partial charge in [-0.15, -0.1) is 12.4 Å². The summed E-state index contributed by atoms with van der Waals surface area (Å²) in [7, 11) is 1.65. The molecule has 0 saturated carbocycles. The van der Waals surface area contributed by atoms with Crippen LogP contribution in [0.5, 0.6) is 5.75 Å². The molecule has 20 heavy (non-hydrogen) atoms. The van der Waals surface area contributed by atoms with E-state index in [1.165, 1.54) is 0 Å². The first-order valence-electron chi connectivity index (χ1n) is 6.28. The Labute approximate surface area is 123 Å². The van der Waals surface area contributed by atoms with Crippen molar-refractivity contribution in [2.24, 2.45) is 0 Å². The molecule has 0 radical (unpaired) electrons. The van der Waals surface area contributed by atoms with Gasteiger partial charge in [-0.3, -0.25) is 0 Å². The molecular weight excluding hydrogens is 278 g/mol. The smallest absolute Gasteiger partial charge is 0.407 e. The van der Waals surface area contributed by atoms with Crippen LogP contribution in [0.15, 0.2) is 36.4 Å². The molecule has 1 N–H and O–H groups in total. The van der Waals surface area contributed by atoms with Crippen molar-refractivity contribution >= 4 is 29.3 Å². The minimum absolute atomic E-state index is 0. The normalized spacial score (nSPS) is 17.9. The molecular formula is C15H16ClNO3. The fourth-order valence-corrected chi connectivity index (χ4v) is 2.56. The Morgan fingerprint density at radius 1 is 1.25 bits per heavy atom. The number of benzene rings is 2. The highest BCUT2D eigenvalue weighted by molar-refractivity contribution is 5.88. The maximum atomic E-state index is 11.4. The fourth-order valence-electron chi connectivity index (χ4n) is 2.56. The zero-order chi connectivity index (χ0) is 13.2. The molecule has 5 heteroatoms. The summed E-state index contributed by atoms with van der Waals surface area (Å²) in [4.78, 5) is 11.4. The molecule has 1 amide bonds. The number of methoxy groups -OCH3 is 1. The zero-order valence-corrected chi connectivity index (χ0v) is 11.9. The van der Waals surface area contributed by atoms with Gasteiger partial charge in [-0.25, -0.2) is 4.79 Å². The molecule has 1 fully saturated rings. The fraction of sp³-hybridized carbons (Fsp3) is 0.267. The van der Waals surface area contributed by atoms with E-state index in [-0.39, 0.29) is 24.5 Å². The van der Waals surface area contributed by atoms with E-state index in [4.69, 9.17) is 9.47 Å². The second kappa shape index (κ2) is 6.01. The zero-order valence-electron chi connectivity index (χ0n) is 11.1. The van der Waals surface area contributed by atoms with Gasteiger partial charge < -0.3 is 14.8 Å². The molecule has 0 bridgehead atoms. The van der Waals surface area contributed by atoms with Gasteiger partial charge in [0.05, 0.1) is 19.8 Å². The lowest BCUT2D eigenvalue weighted by molar-refractivity contribution is 0.115. The lowest BCUT2D eigenvalue weighted by Gasteiger charge is -2.26. The van der Waals surface area contributed by atoms with Crippen LogP contribution in [0.1, 0.15) is 18.0 Å². The second-order valence-electron chi connectivity index (χ2n) is 4.52. The lowest BCUT2D eigenvalue weighted by atomic mass is 9.95. The van der Waals surface area contributed by atoms with Crippen LogP contribution in [0.3, 0.4) is 0 Å². The Balaban J connectivity index is 0.00000147. The molecule has 4 nitrogen and oxygen atoms in total. The highest BCUT2D eigenvalue weighted by Crippen LogP contribution is 2.35. The summed E-state index contributed by atoms with van der Waals surface area (Å²) >= 11 is 0. The third-order valence-corrected chi connectivity index (χ3v) is 3.43. The second-order valence-corrected chi connectivity index (χ2v) is 4.52. The van der Waals surface area contributed by atoms with Gasteiger partial charge in [0.15, 0.2) is 0 Å². The van der Waals surface area contributed by atoms with Crippen molar-refractivity contribution in [2.75, 3.05) is 13.7 Å². The lowest BCUT2D eigenvalue weighted by Crippen LogP contribution is -2.35. The minimum atomic E-state index is -0.369. The third kappa shape index (κ3) is 2.51. The van der Waals surface area contributed by atoms with Gasteiger partial charge in [0, 0.05) is 12.0 Å². The average molecular weight is 294 g/mol. The number of fused-ring (bicyclic) bond motifs is 1. The summed E-state index contributed by atoms with van der Waals surface area (Å²) in [5, 5.41) is 5.10. The van der Waals surface area contributed by atoms with Crippen molar-refractivity contribution in [3.05, 3.63) is 42.0 Å². The van der Waals surface area contributed by atoms with Crippen LogP contribution in [-0.2, 0) is 4.74 Å². The highest BCUT2D eigenvalue weighted by Gasteiger charge is 2.25. The molecule has 1 aliphatic rings. The van der Waals surface area contributed by atoms with Crippen LogP contribution < -0.4 is 10.1 Å². The number of nitrogens with one attached hydrogen (secondary N) is 1. The quantitative estimate of drug-likeness (QED) is 0.922. The summed E-state index contributed by atoms with van der Waals surface area (Å²) in [5.74, 6) is 0.797. The minimum Gasteiger partial charge on any atom is -0.496 e. The number of ether oxygens (including phenoxy) is 2. The Morgan fingerprint density at radius 3 is 2.80 bits per heavy atom. The Bertz CT molecular complexity index is 630. The predicted octanol–water partition coefficient (Wildman–Crippen LogP) is 3.44. The summed E-state index contributed by atoms with van der Waals surface area (Å²) in [5.41, 5.74) is 1.03. The Morgan fingerprint density at radius 2 is 2.05 bits per heavy atom. The molecule has 0 unspecified atom stereocenters. The van der Waals surface area contributed by atoms with E-state index in [2.05, 4.69) is 17.4 Å². The summed E-state index contributed by atoms with van der Waals surface area (Å²) < 4.78 is 10.4. The van der Waals surface area contributed by atoms with Gasteiger partial charge in [0.1, 0.15) is 5.75 Å². The molecule has 2 aromatic carbocycles. The summed E-state index contributed by atoms with van der Waals surface area (Å²) in [6.45, 7) is 0.433. The molecule has 1 atom stereocenters.